The van der Waals surface area contributed by atoms with Crippen molar-refractivity contribution in [1.29, 1.82) is 0 Å². The zero-order valence-corrected chi connectivity index (χ0v) is 15.6. The fraction of sp³-hybridized carbons (Fsp3) is 0.348. The van der Waals surface area contributed by atoms with Gasteiger partial charge in [-0.25, -0.2) is 0 Å². The molecule has 0 bridgehead atoms. The van der Waals surface area contributed by atoms with Gasteiger partial charge in [0.25, 0.3) is 5.91 Å². The number of carbonyl (C=O) groups excluding carboxylic acids is 1. The van der Waals surface area contributed by atoms with Crippen LogP contribution in [0.4, 0.5) is 0 Å². The van der Waals surface area contributed by atoms with Gasteiger partial charge in [0.15, 0.2) is 0 Å². The van der Waals surface area contributed by atoms with Crippen molar-refractivity contribution in [3.05, 3.63) is 71.4 Å². The molecule has 1 saturated heterocycles. The number of benzene rings is 2. The lowest BCUT2D eigenvalue weighted by molar-refractivity contribution is 0.0664. The molecule has 1 amide bonds. The van der Waals surface area contributed by atoms with Gasteiger partial charge in [-0.05, 0) is 49.8 Å². The van der Waals surface area contributed by atoms with Crippen LogP contribution in [0.25, 0.3) is 10.9 Å². The summed E-state index contributed by atoms with van der Waals surface area (Å²) in [6.45, 7) is 3.84. The predicted octanol–water partition coefficient (Wildman–Crippen LogP) is 4.58. The largest absolute Gasteiger partial charge is 0.340 e. The first-order valence-electron chi connectivity index (χ1n) is 9.51. The minimum Gasteiger partial charge on any atom is -0.340 e. The van der Waals surface area contributed by atoms with Gasteiger partial charge in [0.1, 0.15) is 5.69 Å². The molecule has 3 heteroatoms. The fourth-order valence-corrected chi connectivity index (χ4v) is 4.13. The number of fused-ring (bicyclic) bond motifs is 1. The molecule has 26 heavy (non-hydrogen) atoms. The number of nitrogens with zero attached hydrogens (tertiary/aromatic N) is 2. The van der Waals surface area contributed by atoms with Crippen molar-refractivity contribution in [3.8, 4) is 0 Å². The average Bonchev–Trinajstić information content (AvgIpc) is 3.00. The molecular weight excluding hydrogens is 320 g/mol. The molecule has 0 saturated carbocycles. The number of aromatic nitrogens is 1. The van der Waals surface area contributed by atoms with Crippen molar-refractivity contribution in [2.45, 2.75) is 26.2 Å². The van der Waals surface area contributed by atoms with Crippen LogP contribution in [0.15, 0.2) is 54.6 Å². The Balaban J connectivity index is 1.50. The van der Waals surface area contributed by atoms with Gasteiger partial charge < -0.3 is 9.47 Å². The van der Waals surface area contributed by atoms with E-state index in [0.717, 1.165) is 42.5 Å². The Hall–Kier alpha value is -2.55. The van der Waals surface area contributed by atoms with Crippen LogP contribution in [-0.2, 0) is 13.5 Å². The summed E-state index contributed by atoms with van der Waals surface area (Å²) in [5.41, 5.74) is 4.58. The quantitative estimate of drug-likeness (QED) is 0.681. The van der Waals surface area contributed by atoms with Gasteiger partial charge in [0, 0.05) is 31.0 Å². The molecular formula is C23H26N2O. The van der Waals surface area contributed by atoms with E-state index in [4.69, 9.17) is 0 Å². The van der Waals surface area contributed by atoms with E-state index in [0.29, 0.717) is 5.92 Å². The smallest absolute Gasteiger partial charge is 0.270 e. The predicted molar refractivity (Wildman–Crippen MR) is 106 cm³/mol. The summed E-state index contributed by atoms with van der Waals surface area (Å²) in [5, 5.41) is 1.13. The highest BCUT2D eigenvalue weighted by Crippen LogP contribution is 2.25. The third-order valence-corrected chi connectivity index (χ3v) is 5.62. The minimum atomic E-state index is 0.164. The Morgan fingerprint density at radius 2 is 1.88 bits per heavy atom. The van der Waals surface area contributed by atoms with Gasteiger partial charge in [-0.15, -0.1) is 0 Å². The molecule has 2 heterocycles. The van der Waals surface area contributed by atoms with Gasteiger partial charge in [-0.2, -0.15) is 0 Å². The zero-order valence-electron chi connectivity index (χ0n) is 15.6. The van der Waals surface area contributed by atoms with Crippen molar-refractivity contribution in [3.63, 3.8) is 0 Å². The molecule has 4 rings (SSSR count). The van der Waals surface area contributed by atoms with Gasteiger partial charge in [-0.3, -0.25) is 4.79 Å². The van der Waals surface area contributed by atoms with Crippen molar-refractivity contribution in [1.82, 2.24) is 9.47 Å². The van der Waals surface area contributed by atoms with E-state index in [2.05, 4.69) is 48.2 Å². The van der Waals surface area contributed by atoms with Crippen molar-refractivity contribution >= 4 is 16.8 Å². The number of aryl methyl sites for hydroxylation is 2. The Labute approximate surface area is 155 Å². The zero-order chi connectivity index (χ0) is 18.1. The Bertz CT molecular complexity index is 923. The van der Waals surface area contributed by atoms with Crippen LogP contribution in [0.3, 0.4) is 0 Å². The van der Waals surface area contributed by atoms with Crippen LogP contribution in [-0.4, -0.2) is 28.5 Å². The van der Waals surface area contributed by atoms with Gasteiger partial charge in [-0.1, -0.05) is 48.0 Å². The minimum absolute atomic E-state index is 0.164. The van der Waals surface area contributed by atoms with Gasteiger partial charge in [0.2, 0.25) is 0 Å². The first kappa shape index (κ1) is 16.9. The molecule has 1 aliphatic heterocycles. The summed E-state index contributed by atoms with van der Waals surface area (Å²) in [4.78, 5) is 15.2. The van der Waals surface area contributed by atoms with E-state index >= 15 is 0 Å². The van der Waals surface area contributed by atoms with Crippen molar-refractivity contribution in [2.24, 2.45) is 13.0 Å². The molecule has 134 valence electrons. The van der Waals surface area contributed by atoms with E-state index in [1.54, 1.807) is 0 Å². The Morgan fingerprint density at radius 3 is 2.65 bits per heavy atom. The molecule has 2 aromatic carbocycles. The highest BCUT2D eigenvalue weighted by Gasteiger charge is 2.26. The summed E-state index contributed by atoms with van der Waals surface area (Å²) in [7, 11) is 1.99. The fourth-order valence-electron chi connectivity index (χ4n) is 4.13. The Morgan fingerprint density at radius 1 is 1.12 bits per heavy atom. The number of rotatable bonds is 3. The van der Waals surface area contributed by atoms with Crippen LogP contribution in [0.2, 0.25) is 0 Å². The third kappa shape index (κ3) is 3.26. The molecule has 1 atom stereocenters. The number of piperidine rings is 1. The molecule has 0 N–H and O–H groups in total. The summed E-state index contributed by atoms with van der Waals surface area (Å²) >= 11 is 0. The summed E-state index contributed by atoms with van der Waals surface area (Å²) < 4.78 is 2.03. The van der Waals surface area contributed by atoms with Crippen LogP contribution < -0.4 is 0 Å². The highest BCUT2D eigenvalue weighted by molar-refractivity contribution is 5.98. The number of amides is 1. The van der Waals surface area contributed by atoms with E-state index < -0.39 is 0 Å². The molecule has 3 nitrogen and oxygen atoms in total. The molecule has 1 unspecified atom stereocenters. The van der Waals surface area contributed by atoms with Crippen LogP contribution in [0, 0.1) is 12.8 Å². The normalized spacial score (nSPS) is 17.6. The number of hydrogen-bond acceptors (Lipinski definition) is 1. The molecule has 1 fully saturated rings. The number of para-hydroxylation sites is 1. The van der Waals surface area contributed by atoms with Crippen LogP contribution in [0.5, 0.6) is 0 Å². The molecule has 0 aliphatic carbocycles. The topological polar surface area (TPSA) is 25.2 Å². The maximum Gasteiger partial charge on any atom is 0.270 e. The van der Waals surface area contributed by atoms with Crippen LogP contribution >= 0.6 is 0 Å². The van der Waals surface area contributed by atoms with Gasteiger partial charge >= 0.3 is 0 Å². The van der Waals surface area contributed by atoms with E-state index in [9.17, 15) is 4.79 Å². The van der Waals surface area contributed by atoms with Crippen molar-refractivity contribution < 1.29 is 4.79 Å². The van der Waals surface area contributed by atoms with Gasteiger partial charge in [0.05, 0.1) is 0 Å². The highest BCUT2D eigenvalue weighted by atomic mass is 16.2. The third-order valence-electron chi connectivity index (χ3n) is 5.62. The molecule has 0 spiro atoms. The summed E-state index contributed by atoms with van der Waals surface area (Å²) in [6.07, 6.45) is 3.35. The first-order valence-corrected chi connectivity index (χ1v) is 9.51. The van der Waals surface area contributed by atoms with E-state index in [1.807, 2.05) is 29.8 Å². The second-order valence-corrected chi connectivity index (χ2v) is 7.60. The lowest BCUT2D eigenvalue weighted by atomic mass is 9.91. The Kier molecular flexibility index (Phi) is 4.54. The molecule has 1 aromatic heterocycles. The van der Waals surface area contributed by atoms with E-state index in [-0.39, 0.29) is 5.91 Å². The number of hydrogen-bond donors (Lipinski definition) is 0. The SMILES string of the molecule is Cc1ccc(CC2CCCN(C(=O)c3cc4ccccc4n3C)C2)cc1. The molecule has 1 aliphatic rings. The standard InChI is InChI=1S/C23H26N2O/c1-17-9-11-18(12-10-17)14-19-6-5-13-25(16-19)23(26)22-15-20-7-3-4-8-21(20)24(22)2/h3-4,7-12,15,19H,5-6,13-14,16H2,1-2H3. The maximum absolute atomic E-state index is 13.1. The maximum atomic E-state index is 13.1. The number of likely N-dealkylation sites (tertiary alicyclic amines) is 1. The monoisotopic (exact) mass is 346 g/mol. The molecule has 0 radical (unpaired) electrons. The summed E-state index contributed by atoms with van der Waals surface area (Å²) in [6, 6.07) is 19.0. The average molecular weight is 346 g/mol. The second kappa shape index (κ2) is 6.99. The summed E-state index contributed by atoms with van der Waals surface area (Å²) in [5.74, 6) is 0.711. The van der Waals surface area contributed by atoms with Crippen LogP contribution in [0.1, 0.15) is 34.5 Å². The number of carbonyl (C=O) groups is 1. The van der Waals surface area contributed by atoms with Crippen molar-refractivity contribution in [2.75, 3.05) is 13.1 Å². The van der Waals surface area contributed by atoms with E-state index in [1.165, 1.54) is 17.5 Å². The second-order valence-electron chi connectivity index (χ2n) is 7.60. The lowest BCUT2D eigenvalue weighted by Crippen LogP contribution is -2.41. The molecule has 3 aromatic rings. The first-order chi connectivity index (χ1) is 12.6. The lowest BCUT2D eigenvalue weighted by Gasteiger charge is -2.33.